The summed E-state index contributed by atoms with van der Waals surface area (Å²) >= 11 is 3.56. The lowest BCUT2D eigenvalue weighted by molar-refractivity contribution is -0.120. The molecule has 1 aliphatic rings. The number of rotatable bonds is 5. The number of carbonyl (C=O) groups is 1. The smallest absolute Gasteiger partial charge is 0.218 e. The summed E-state index contributed by atoms with van der Waals surface area (Å²) in [6.07, 6.45) is 3.45. The van der Waals surface area contributed by atoms with Crippen LogP contribution in [0.3, 0.4) is 0 Å². The number of primary amides is 1. The number of amides is 1. The molecule has 1 fully saturated rings. The van der Waals surface area contributed by atoms with Crippen molar-refractivity contribution in [3.05, 3.63) is 22.2 Å². The quantitative estimate of drug-likeness (QED) is 0.904. The normalized spacial score (nSPS) is 16.6. The molecule has 1 amide bonds. The fraction of sp³-hybridized carbons (Fsp3) is 0.500. The van der Waals surface area contributed by atoms with Gasteiger partial charge in [-0.05, 0) is 30.5 Å². The van der Waals surface area contributed by atoms with Gasteiger partial charge in [0.25, 0.3) is 0 Å². The highest BCUT2D eigenvalue weighted by atomic mass is 79.9. The maximum atomic E-state index is 11.3. The topological polar surface area (TPSA) is 61.5 Å². The molecule has 1 aromatic rings. The van der Waals surface area contributed by atoms with Crippen molar-refractivity contribution in [1.29, 1.82) is 0 Å². The summed E-state index contributed by atoms with van der Waals surface area (Å²) in [5.74, 6) is 1.09. The summed E-state index contributed by atoms with van der Waals surface area (Å²) in [5.41, 5.74) is 6.32. The minimum absolute atomic E-state index is 0.149. The van der Waals surface area contributed by atoms with E-state index in [1.807, 2.05) is 12.1 Å². The SMILES string of the molecule is COc1cc(Br)c(C2(CC(N)=O)CCC2)cc1OC. The largest absolute Gasteiger partial charge is 0.493 e. The third kappa shape index (κ3) is 2.56. The highest BCUT2D eigenvalue weighted by molar-refractivity contribution is 9.10. The van der Waals surface area contributed by atoms with Crippen LogP contribution in [0.1, 0.15) is 31.2 Å². The average molecular weight is 328 g/mol. The third-order valence-electron chi connectivity index (χ3n) is 3.87. The van der Waals surface area contributed by atoms with Crippen LogP contribution in [-0.2, 0) is 10.2 Å². The molecule has 1 aromatic carbocycles. The van der Waals surface area contributed by atoms with Gasteiger partial charge in [-0.3, -0.25) is 4.79 Å². The zero-order chi connectivity index (χ0) is 14.0. The van der Waals surface area contributed by atoms with Gasteiger partial charge in [0, 0.05) is 16.3 Å². The Balaban J connectivity index is 2.46. The van der Waals surface area contributed by atoms with E-state index in [1.54, 1.807) is 14.2 Å². The van der Waals surface area contributed by atoms with Gasteiger partial charge < -0.3 is 15.2 Å². The molecule has 0 spiro atoms. The Labute approximate surface area is 121 Å². The highest BCUT2D eigenvalue weighted by Gasteiger charge is 2.41. The van der Waals surface area contributed by atoms with E-state index in [9.17, 15) is 4.79 Å². The number of nitrogens with two attached hydrogens (primary N) is 1. The van der Waals surface area contributed by atoms with E-state index in [0.29, 0.717) is 17.9 Å². The van der Waals surface area contributed by atoms with Gasteiger partial charge in [-0.1, -0.05) is 22.4 Å². The first kappa shape index (κ1) is 14.2. The molecule has 0 atom stereocenters. The van der Waals surface area contributed by atoms with Crippen LogP contribution in [0.2, 0.25) is 0 Å². The van der Waals surface area contributed by atoms with Crippen LogP contribution in [0, 0.1) is 0 Å². The van der Waals surface area contributed by atoms with Crippen LogP contribution in [0.5, 0.6) is 11.5 Å². The molecule has 0 radical (unpaired) electrons. The second-order valence-corrected chi connectivity index (χ2v) is 5.82. The molecule has 104 valence electrons. The summed E-state index contributed by atoms with van der Waals surface area (Å²) in [5, 5.41) is 0. The Morgan fingerprint density at radius 1 is 1.32 bits per heavy atom. The van der Waals surface area contributed by atoms with E-state index in [0.717, 1.165) is 29.3 Å². The predicted molar refractivity (Wildman–Crippen MR) is 76.6 cm³/mol. The minimum Gasteiger partial charge on any atom is -0.493 e. The van der Waals surface area contributed by atoms with E-state index in [1.165, 1.54) is 0 Å². The zero-order valence-corrected chi connectivity index (χ0v) is 12.7. The number of benzene rings is 1. The molecular formula is C14H18BrNO3. The Morgan fingerprint density at radius 2 is 1.89 bits per heavy atom. The number of carbonyl (C=O) groups excluding carboxylic acids is 1. The summed E-state index contributed by atoms with van der Waals surface area (Å²) < 4.78 is 11.5. The predicted octanol–water partition coefficient (Wildman–Crippen LogP) is 2.76. The summed E-state index contributed by atoms with van der Waals surface area (Å²) in [6, 6.07) is 3.83. The summed E-state index contributed by atoms with van der Waals surface area (Å²) in [7, 11) is 3.21. The molecule has 5 heteroatoms. The van der Waals surface area contributed by atoms with Crippen LogP contribution in [0.4, 0.5) is 0 Å². The van der Waals surface area contributed by atoms with E-state index < -0.39 is 0 Å². The fourth-order valence-electron chi connectivity index (χ4n) is 2.74. The molecule has 2 N–H and O–H groups in total. The molecule has 0 aliphatic heterocycles. The number of hydrogen-bond donors (Lipinski definition) is 1. The second-order valence-electron chi connectivity index (χ2n) is 4.96. The van der Waals surface area contributed by atoms with Gasteiger partial charge in [-0.2, -0.15) is 0 Å². The highest BCUT2D eigenvalue weighted by Crippen LogP contribution is 2.50. The second kappa shape index (κ2) is 5.41. The lowest BCUT2D eigenvalue weighted by Crippen LogP contribution is -2.38. The van der Waals surface area contributed by atoms with E-state index in [4.69, 9.17) is 15.2 Å². The number of halogens is 1. The van der Waals surface area contributed by atoms with E-state index in [-0.39, 0.29) is 11.3 Å². The van der Waals surface area contributed by atoms with Gasteiger partial charge in [0.15, 0.2) is 11.5 Å². The van der Waals surface area contributed by atoms with Crippen molar-refractivity contribution >= 4 is 21.8 Å². The van der Waals surface area contributed by atoms with Gasteiger partial charge >= 0.3 is 0 Å². The molecular weight excluding hydrogens is 310 g/mol. The van der Waals surface area contributed by atoms with Crippen LogP contribution in [0.25, 0.3) is 0 Å². The lowest BCUT2D eigenvalue weighted by Gasteiger charge is -2.42. The third-order valence-corrected chi connectivity index (χ3v) is 4.52. The molecule has 0 saturated heterocycles. The van der Waals surface area contributed by atoms with Crippen LogP contribution >= 0.6 is 15.9 Å². The molecule has 0 unspecified atom stereocenters. The van der Waals surface area contributed by atoms with Crippen LogP contribution in [-0.4, -0.2) is 20.1 Å². The Morgan fingerprint density at radius 3 is 2.32 bits per heavy atom. The number of ether oxygens (including phenoxy) is 2. The first-order chi connectivity index (χ1) is 9.02. The maximum Gasteiger partial charge on any atom is 0.218 e. The molecule has 19 heavy (non-hydrogen) atoms. The Bertz CT molecular complexity index is 498. The summed E-state index contributed by atoms with van der Waals surface area (Å²) in [6.45, 7) is 0. The van der Waals surface area contributed by atoms with Gasteiger partial charge in [-0.25, -0.2) is 0 Å². The Kier molecular flexibility index (Phi) is 4.04. The van der Waals surface area contributed by atoms with Crippen molar-refractivity contribution in [2.45, 2.75) is 31.1 Å². The maximum absolute atomic E-state index is 11.3. The Hall–Kier alpha value is -1.23. The molecule has 1 aliphatic carbocycles. The van der Waals surface area contributed by atoms with Crippen molar-refractivity contribution in [2.24, 2.45) is 5.73 Å². The van der Waals surface area contributed by atoms with Crippen molar-refractivity contribution in [2.75, 3.05) is 14.2 Å². The zero-order valence-electron chi connectivity index (χ0n) is 11.2. The van der Waals surface area contributed by atoms with Gasteiger partial charge in [0.05, 0.1) is 14.2 Å². The summed E-state index contributed by atoms with van der Waals surface area (Å²) in [4.78, 5) is 11.3. The van der Waals surface area contributed by atoms with E-state index >= 15 is 0 Å². The van der Waals surface area contributed by atoms with Crippen LogP contribution < -0.4 is 15.2 Å². The first-order valence-electron chi connectivity index (χ1n) is 6.23. The number of hydrogen-bond acceptors (Lipinski definition) is 3. The molecule has 4 nitrogen and oxygen atoms in total. The van der Waals surface area contributed by atoms with Crippen molar-refractivity contribution in [3.63, 3.8) is 0 Å². The van der Waals surface area contributed by atoms with Gasteiger partial charge in [0.1, 0.15) is 0 Å². The molecule has 2 rings (SSSR count). The van der Waals surface area contributed by atoms with Crippen LogP contribution in [0.15, 0.2) is 16.6 Å². The number of methoxy groups -OCH3 is 2. The van der Waals surface area contributed by atoms with Crippen molar-refractivity contribution in [3.8, 4) is 11.5 Å². The molecule has 1 saturated carbocycles. The van der Waals surface area contributed by atoms with E-state index in [2.05, 4.69) is 15.9 Å². The average Bonchev–Trinajstić information content (AvgIpc) is 2.33. The standard InChI is InChI=1S/C14H18BrNO3/c1-18-11-6-9(10(15)7-12(11)19-2)14(4-3-5-14)8-13(16)17/h6-7H,3-5,8H2,1-2H3,(H2,16,17). The molecule has 0 aromatic heterocycles. The van der Waals surface area contributed by atoms with Gasteiger partial charge in [0.2, 0.25) is 5.91 Å². The first-order valence-corrected chi connectivity index (χ1v) is 7.02. The molecule has 0 heterocycles. The lowest BCUT2D eigenvalue weighted by atomic mass is 9.62. The monoisotopic (exact) mass is 327 g/mol. The fourth-order valence-corrected chi connectivity index (χ4v) is 3.48. The van der Waals surface area contributed by atoms with Gasteiger partial charge in [-0.15, -0.1) is 0 Å². The van der Waals surface area contributed by atoms with Crippen molar-refractivity contribution < 1.29 is 14.3 Å². The molecule has 0 bridgehead atoms. The van der Waals surface area contributed by atoms with Crippen molar-refractivity contribution in [1.82, 2.24) is 0 Å². The minimum atomic E-state index is -0.263.